The van der Waals surface area contributed by atoms with Crippen LogP contribution in [0.3, 0.4) is 0 Å². The molecule has 0 fully saturated rings. The number of anilines is 1. The van der Waals surface area contributed by atoms with E-state index in [4.69, 9.17) is 4.74 Å². The number of para-hydroxylation sites is 2. The largest absolute Gasteiger partial charge is 0.466 e. The molecular weight excluding hydrogens is 430 g/mol. The second-order valence-corrected chi connectivity index (χ2v) is 8.25. The molecule has 0 unspecified atom stereocenters. The number of carbonyl (C=O) groups is 3. The molecule has 0 atom stereocenters. The minimum absolute atomic E-state index is 0.0747. The van der Waals surface area contributed by atoms with Gasteiger partial charge in [-0.05, 0) is 38.0 Å². The number of carbonyl (C=O) groups excluding carboxylic acids is 3. The van der Waals surface area contributed by atoms with Crippen molar-refractivity contribution in [2.24, 2.45) is 0 Å². The molecule has 2 amide bonds. The first kappa shape index (κ1) is 23.3. The van der Waals surface area contributed by atoms with Gasteiger partial charge in [-0.3, -0.25) is 14.4 Å². The van der Waals surface area contributed by atoms with E-state index >= 15 is 0 Å². The standard InChI is InChI=1S/C27H29N3O4/c1-2-34-26(32)14-4-3-9-15-28-25(31)18-30-17-19(20-10-6-8-13-24(20)30)16-22-21-11-5-7-12-23(21)29-27(22)33/h5-8,10-13,16-17H,2-4,9,14-15,18H2,1H3,(H,28,31)(H,29,33)/b22-16-. The van der Waals surface area contributed by atoms with Crippen LogP contribution >= 0.6 is 0 Å². The van der Waals surface area contributed by atoms with Crippen molar-refractivity contribution in [3.8, 4) is 0 Å². The summed E-state index contributed by atoms with van der Waals surface area (Å²) in [5.41, 5.74) is 4.13. The molecule has 7 nitrogen and oxygen atoms in total. The zero-order valence-electron chi connectivity index (χ0n) is 19.3. The molecule has 0 spiro atoms. The summed E-state index contributed by atoms with van der Waals surface area (Å²) in [7, 11) is 0. The molecule has 2 aromatic carbocycles. The number of aromatic nitrogens is 1. The lowest BCUT2D eigenvalue weighted by atomic mass is 10.0. The molecule has 176 valence electrons. The van der Waals surface area contributed by atoms with E-state index in [0.717, 1.165) is 47.0 Å². The number of unbranched alkanes of at least 4 members (excludes halogenated alkanes) is 2. The average Bonchev–Trinajstić information content (AvgIpc) is 3.34. The van der Waals surface area contributed by atoms with Crippen LogP contribution in [0.4, 0.5) is 5.69 Å². The van der Waals surface area contributed by atoms with Crippen molar-refractivity contribution < 1.29 is 19.1 Å². The SMILES string of the molecule is CCOC(=O)CCCCCNC(=O)Cn1cc(/C=C2\C(=O)Nc3ccccc32)c2ccccc21. The van der Waals surface area contributed by atoms with E-state index in [1.165, 1.54) is 0 Å². The number of nitrogens with one attached hydrogen (secondary N) is 2. The number of esters is 1. The zero-order valence-corrected chi connectivity index (χ0v) is 19.3. The lowest BCUT2D eigenvalue weighted by Gasteiger charge is -2.07. The molecule has 0 aliphatic carbocycles. The van der Waals surface area contributed by atoms with E-state index < -0.39 is 0 Å². The van der Waals surface area contributed by atoms with Gasteiger partial charge < -0.3 is 19.9 Å². The number of hydrogen-bond acceptors (Lipinski definition) is 4. The van der Waals surface area contributed by atoms with Gasteiger partial charge in [-0.1, -0.05) is 42.8 Å². The molecule has 0 bridgehead atoms. The Kier molecular flexibility index (Phi) is 7.42. The number of nitrogens with zero attached hydrogens (tertiary/aromatic N) is 1. The van der Waals surface area contributed by atoms with Gasteiger partial charge in [-0.25, -0.2) is 0 Å². The lowest BCUT2D eigenvalue weighted by Crippen LogP contribution is -2.28. The predicted octanol–water partition coefficient (Wildman–Crippen LogP) is 4.37. The highest BCUT2D eigenvalue weighted by atomic mass is 16.5. The van der Waals surface area contributed by atoms with Crippen LogP contribution in [0.1, 0.15) is 43.7 Å². The Labute approximate surface area is 198 Å². The summed E-state index contributed by atoms with van der Waals surface area (Å²) in [5, 5.41) is 6.84. The van der Waals surface area contributed by atoms with Gasteiger partial charge >= 0.3 is 5.97 Å². The van der Waals surface area contributed by atoms with Gasteiger partial charge in [0.25, 0.3) is 5.91 Å². The number of amides is 2. The summed E-state index contributed by atoms with van der Waals surface area (Å²) in [6, 6.07) is 15.5. The Morgan fingerprint density at radius 2 is 1.85 bits per heavy atom. The smallest absolute Gasteiger partial charge is 0.305 e. The summed E-state index contributed by atoms with van der Waals surface area (Å²) in [6.45, 7) is 2.96. The summed E-state index contributed by atoms with van der Waals surface area (Å²) in [5.74, 6) is -0.372. The van der Waals surface area contributed by atoms with Crippen molar-refractivity contribution in [1.82, 2.24) is 9.88 Å². The molecule has 0 saturated heterocycles. The third-order valence-electron chi connectivity index (χ3n) is 5.83. The topological polar surface area (TPSA) is 89.4 Å². The number of ether oxygens (including phenoxy) is 1. The van der Waals surface area contributed by atoms with Crippen molar-refractivity contribution in [2.75, 3.05) is 18.5 Å². The summed E-state index contributed by atoms with van der Waals surface area (Å²) < 4.78 is 6.83. The minimum Gasteiger partial charge on any atom is -0.466 e. The van der Waals surface area contributed by atoms with E-state index in [-0.39, 0.29) is 24.3 Å². The van der Waals surface area contributed by atoms with Crippen molar-refractivity contribution >= 4 is 46.0 Å². The molecule has 1 aliphatic rings. The van der Waals surface area contributed by atoms with Crippen LogP contribution in [-0.4, -0.2) is 35.5 Å². The Bertz CT molecular complexity index is 1240. The van der Waals surface area contributed by atoms with E-state index in [2.05, 4.69) is 10.6 Å². The van der Waals surface area contributed by atoms with Crippen LogP contribution in [0.15, 0.2) is 54.7 Å². The maximum atomic E-state index is 12.6. The van der Waals surface area contributed by atoms with Gasteiger partial charge in [0, 0.05) is 52.5 Å². The Balaban J connectivity index is 1.40. The van der Waals surface area contributed by atoms with Gasteiger partial charge in [-0.2, -0.15) is 0 Å². The van der Waals surface area contributed by atoms with Gasteiger partial charge in [-0.15, -0.1) is 0 Å². The van der Waals surface area contributed by atoms with Crippen molar-refractivity contribution in [2.45, 2.75) is 39.2 Å². The van der Waals surface area contributed by atoms with E-state index in [1.807, 2.05) is 65.4 Å². The van der Waals surface area contributed by atoms with Gasteiger partial charge in [0.05, 0.1) is 6.61 Å². The molecule has 34 heavy (non-hydrogen) atoms. The summed E-state index contributed by atoms with van der Waals surface area (Å²) in [4.78, 5) is 36.5. The normalized spacial score (nSPS) is 13.7. The fourth-order valence-electron chi connectivity index (χ4n) is 4.20. The summed E-state index contributed by atoms with van der Waals surface area (Å²) >= 11 is 0. The molecule has 7 heteroatoms. The van der Waals surface area contributed by atoms with E-state index in [0.29, 0.717) is 25.1 Å². The van der Waals surface area contributed by atoms with Crippen LogP contribution in [0, 0.1) is 0 Å². The lowest BCUT2D eigenvalue weighted by molar-refractivity contribution is -0.143. The second kappa shape index (κ2) is 10.8. The van der Waals surface area contributed by atoms with E-state index in [1.54, 1.807) is 6.92 Å². The molecule has 0 radical (unpaired) electrons. The van der Waals surface area contributed by atoms with Crippen molar-refractivity contribution in [1.29, 1.82) is 0 Å². The Hall–Kier alpha value is -3.87. The van der Waals surface area contributed by atoms with Crippen molar-refractivity contribution in [3.63, 3.8) is 0 Å². The van der Waals surface area contributed by atoms with Crippen LogP contribution < -0.4 is 10.6 Å². The van der Waals surface area contributed by atoms with Gasteiger partial charge in [0.15, 0.2) is 0 Å². The fourth-order valence-corrected chi connectivity index (χ4v) is 4.20. The third-order valence-corrected chi connectivity index (χ3v) is 5.83. The predicted molar refractivity (Wildman–Crippen MR) is 133 cm³/mol. The third kappa shape index (κ3) is 5.36. The molecule has 2 heterocycles. The molecule has 0 saturated carbocycles. The van der Waals surface area contributed by atoms with Crippen molar-refractivity contribution in [3.05, 3.63) is 65.9 Å². The first-order chi connectivity index (χ1) is 16.6. The zero-order chi connectivity index (χ0) is 23.9. The number of benzene rings is 2. The molecular formula is C27H29N3O4. The van der Waals surface area contributed by atoms with Crippen LogP contribution in [0.25, 0.3) is 22.6 Å². The number of hydrogen-bond donors (Lipinski definition) is 2. The number of fused-ring (bicyclic) bond motifs is 2. The van der Waals surface area contributed by atoms with Crippen LogP contribution in [0.2, 0.25) is 0 Å². The van der Waals surface area contributed by atoms with Gasteiger partial charge in [0.1, 0.15) is 6.54 Å². The number of rotatable bonds is 10. The molecule has 1 aromatic heterocycles. The Morgan fingerprint density at radius 1 is 1.06 bits per heavy atom. The maximum absolute atomic E-state index is 12.6. The first-order valence-electron chi connectivity index (χ1n) is 11.7. The summed E-state index contributed by atoms with van der Waals surface area (Å²) in [6.07, 6.45) is 6.64. The fraction of sp³-hybridized carbons (Fsp3) is 0.296. The monoisotopic (exact) mass is 459 g/mol. The highest BCUT2D eigenvalue weighted by Gasteiger charge is 2.24. The van der Waals surface area contributed by atoms with Crippen LogP contribution in [-0.2, 0) is 25.7 Å². The highest BCUT2D eigenvalue weighted by molar-refractivity contribution is 6.35. The van der Waals surface area contributed by atoms with Gasteiger partial charge in [0.2, 0.25) is 5.91 Å². The first-order valence-corrected chi connectivity index (χ1v) is 11.7. The molecule has 3 aromatic rings. The second-order valence-electron chi connectivity index (χ2n) is 8.25. The minimum atomic E-state index is -0.171. The average molecular weight is 460 g/mol. The van der Waals surface area contributed by atoms with E-state index in [9.17, 15) is 14.4 Å². The molecule has 2 N–H and O–H groups in total. The maximum Gasteiger partial charge on any atom is 0.305 e. The Morgan fingerprint density at radius 3 is 2.71 bits per heavy atom. The van der Waals surface area contributed by atoms with Crippen LogP contribution in [0.5, 0.6) is 0 Å². The quantitative estimate of drug-likeness (QED) is 0.268. The highest BCUT2D eigenvalue weighted by Crippen LogP contribution is 2.34. The molecule has 4 rings (SSSR count). The molecule has 1 aliphatic heterocycles.